The highest BCUT2D eigenvalue weighted by Gasteiger charge is 2.33. The Kier molecular flexibility index (Phi) is 4.43. The Morgan fingerprint density at radius 2 is 2.04 bits per heavy atom. The quantitative estimate of drug-likeness (QED) is 0.733. The number of aromatic amines is 1. The van der Waals surface area contributed by atoms with E-state index in [4.69, 9.17) is 4.74 Å². The molecule has 142 valence electrons. The number of hydrogen-bond acceptors (Lipinski definition) is 6. The molecule has 0 spiro atoms. The number of aromatic nitrogens is 5. The lowest BCUT2D eigenvalue weighted by atomic mass is 9.96. The van der Waals surface area contributed by atoms with E-state index in [1.807, 2.05) is 6.07 Å². The third-order valence-corrected chi connectivity index (χ3v) is 4.45. The summed E-state index contributed by atoms with van der Waals surface area (Å²) < 4.78 is 44.9. The largest absolute Gasteiger partial charge is 0.490 e. The Hall–Kier alpha value is -3.48. The zero-order valence-corrected chi connectivity index (χ0v) is 14.4. The van der Waals surface area contributed by atoms with Gasteiger partial charge in [0.25, 0.3) is 0 Å². The van der Waals surface area contributed by atoms with Crippen LogP contribution in [0.1, 0.15) is 30.7 Å². The first-order valence-electron chi connectivity index (χ1n) is 8.48. The molecule has 1 fully saturated rings. The number of nitriles is 1. The maximum absolute atomic E-state index is 13.0. The molecule has 4 rings (SSSR count). The van der Waals surface area contributed by atoms with Crippen LogP contribution < -0.4 is 4.74 Å². The highest BCUT2D eigenvalue weighted by atomic mass is 19.4. The van der Waals surface area contributed by atoms with Crippen LogP contribution in [0.5, 0.6) is 5.75 Å². The third kappa shape index (κ3) is 3.38. The summed E-state index contributed by atoms with van der Waals surface area (Å²) in [7, 11) is 0. The Balaban J connectivity index is 1.80. The van der Waals surface area contributed by atoms with Gasteiger partial charge in [-0.1, -0.05) is 5.21 Å². The molecule has 0 radical (unpaired) electrons. The van der Waals surface area contributed by atoms with E-state index < -0.39 is 11.9 Å². The zero-order chi connectivity index (χ0) is 19.7. The van der Waals surface area contributed by atoms with Gasteiger partial charge in [0.2, 0.25) is 0 Å². The molecule has 0 unspecified atom stereocenters. The molecule has 10 heteroatoms. The fourth-order valence-corrected chi connectivity index (χ4v) is 2.78. The molecule has 1 aliphatic rings. The van der Waals surface area contributed by atoms with E-state index in [0.717, 1.165) is 31.5 Å². The highest BCUT2D eigenvalue weighted by molar-refractivity contribution is 5.76. The van der Waals surface area contributed by atoms with Crippen LogP contribution in [0.3, 0.4) is 0 Å². The Bertz CT molecular complexity index is 1050. The fourth-order valence-electron chi connectivity index (χ4n) is 2.78. The SMILES string of the molecule is N#Cc1[nH]nnc1-c1cc(-c2nccc(C(F)(F)F)n2)ccc1OC1CCC1. The van der Waals surface area contributed by atoms with Crippen molar-refractivity contribution in [3.63, 3.8) is 0 Å². The molecule has 1 N–H and O–H groups in total. The summed E-state index contributed by atoms with van der Waals surface area (Å²) in [5.41, 5.74) is 0.129. The van der Waals surface area contributed by atoms with Gasteiger partial charge in [-0.05, 0) is 43.5 Å². The maximum atomic E-state index is 13.0. The first kappa shape index (κ1) is 17.9. The molecular formula is C18H13F3N6O. The molecule has 0 atom stereocenters. The van der Waals surface area contributed by atoms with Crippen LogP contribution in [0, 0.1) is 11.3 Å². The molecule has 3 aromatic rings. The third-order valence-electron chi connectivity index (χ3n) is 4.45. The summed E-state index contributed by atoms with van der Waals surface area (Å²) in [6.07, 6.45) is -0.548. The van der Waals surface area contributed by atoms with Gasteiger partial charge < -0.3 is 4.74 Å². The molecule has 1 aromatic carbocycles. The lowest BCUT2D eigenvalue weighted by Crippen LogP contribution is -2.24. The van der Waals surface area contributed by atoms with Crippen LogP contribution >= 0.6 is 0 Å². The van der Waals surface area contributed by atoms with Gasteiger partial charge in [-0.2, -0.15) is 18.4 Å². The molecule has 0 aliphatic heterocycles. The van der Waals surface area contributed by atoms with Crippen molar-refractivity contribution >= 4 is 0 Å². The Morgan fingerprint density at radius 1 is 1.21 bits per heavy atom. The first-order valence-corrected chi connectivity index (χ1v) is 8.48. The van der Waals surface area contributed by atoms with E-state index in [-0.39, 0.29) is 23.3 Å². The van der Waals surface area contributed by atoms with Crippen molar-refractivity contribution < 1.29 is 17.9 Å². The van der Waals surface area contributed by atoms with Gasteiger partial charge >= 0.3 is 6.18 Å². The minimum atomic E-state index is -4.58. The number of hydrogen-bond donors (Lipinski definition) is 1. The monoisotopic (exact) mass is 386 g/mol. The maximum Gasteiger partial charge on any atom is 0.433 e. The van der Waals surface area contributed by atoms with Crippen LogP contribution in [0.4, 0.5) is 13.2 Å². The smallest absolute Gasteiger partial charge is 0.433 e. The van der Waals surface area contributed by atoms with Crippen molar-refractivity contribution in [3.05, 3.63) is 41.9 Å². The standard InChI is InChI=1S/C18H13F3N6O/c19-18(20,21)15-6-7-23-17(24-15)10-4-5-14(28-11-2-1-3-11)12(8-10)16-13(9-22)25-27-26-16/h4-8,11H,1-3H2,(H,25,26,27). The highest BCUT2D eigenvalue weighted by Crippen LogP contribution is 2.37. The molecular weight excluding hydrogens is 373 g/mol. The van der Waals surface area contributed by atoms with Crippen LogP contribution in [0.25, 0.3) is 22.6 Å². The van der Waals surface area contributed by atoms with Crippen molar-refractivity contribution in [2.45, 2.75) is 31.5 Å². The average Bonchev–Trinajstić information content (AvgIpc) is 3.13. The number of rotatable bonds is 4. The van der Waals surface area contributed by atoms with E-state index in [1.165, 1.54) is 0 Å². The summed E-state index contributed by atoms with van der Waals surface area (Å²) in [6.45, 7) is 0. The van der Waals surface area contributed by atoms with Crippen LogP contribution in [-0.4, -0.2) is 31.5 Å². The Labute approximate surface area is 157 Å². The van der Waals surface area contributed by atoms with Crippen molar-refractivity contribution in [3.8, 4) is 34.5 Å². The van der Waals surface area contributed by atoms with Gasteiger partial charge in [-0.25, -0.2) is 15.1 Å². The minimum Gasteiger partial charge on any atom is -0.490 e. The summed E-state index contributed by atoms with van der Waals surface area (Å²) >= 11 is 0. The van der Waals surface area contributed by atoms with E-state index in [1.54, 1.807) is 18.2 Å². The van der Waals surface area contributed by atoms with E-state index in [9.17, 15) is 18.4 Å². The van der Waals surface area contributed by atoms with Gasteiger partial charge in [0.05, 0.1) is 6.10 Å². The second-order valence-electron chi connectivity index (χ2n) is 6.29. The molecule has 1 aliphatic carbocycles. The van der Waals surface area contributed by atoms with Crippen LogP contribution in [-0.2, 0) is 6.18 Å². The second kappa shape index (κ2) is 6.92. The van der Waals surface area contributed by atoms with Gasteiger partial charge in [-0.3, -0.25) is 0 Å². The minimum absolute atomic E-state index is 0.0619. The number of benzene rings is 1. The fraction of sp³-hybridized carbons (Fsp3) is 0.278. The van der Waals surface area contributed by atoms with Gasteiger partial charge in [-0.15, -0.1) is 5.10 Å². The van der Waals surface area contributed by atoms with Crippen molar-refractivity contribution in [2.75, 3.05) is 0 Å². The molecule has 0 bridgehead atoms. The number of nitrogens with zero attached hydrogens (tertiary/aromatic N) is 5. The average molecular weight is 386 g/mol. The molecule has 1 saturated carbocycles. The van der Waals surface area contributed by atoms with Crippen LogP contribution in [0.2, 0.25) is 0 Å². The lowest BCUT2D eigenvalue weighted by molar-refractivity contribution is -0.141. The van der Waals surface area contributed by atoms with Gasteiger partial charge in [0, 0.05) is 17.3 Å². The molecule has 0 saturated heterocycles. The predicted octanol–water partition coefficient (Wildman–Crippen LogP) is 3.75. The number of nitrogens with one attached hydrogen (secondary N) is 1. The molecule has 7 nitrogen and oxygen atoms in total. The number of halogens is 3. The first-order chi connectivity index (χ1) is 13.5. The van der Waals surface area contributed by atoms with Crippen LogP contribution in [0.15, 0.2) is 30.5 Å². The van der Waals surface area contributed by atoms with E-state index in [0.29, 0.717) is 16.9 Å². The second-order valence-corrected chi connectivity index (χ2v) is 6.29. The molecule has 0 amide bonds. The summed E-state index contributed by atoms with van der Waals surface area (Å²) in [4.78, 5) is 7.56. The number of H-pyrrole nitrogens is 1. The molecule has 28 heavy (non-hydrogen) atoms. The summed E-state index contributed by atoms with van der Waals surface area (Å²) in [5.74, 6) is 0.388. The summed E-state index contributed by atoms with van der Waals surface area (Å²) in [6, 6.07) is 7.53. The topological polar surface area (TPSA) is 100 Å². The summed E-state index contributed by atoms with van der Waals surface area (Å²) in [5, 5.41) is 19.3. The van der Waals surface area contributed by atoms with E-state index >= 15 is 0 Å². The van der Waals surface area contributed by atoms with Crippen molar-refractivity contribution in [2.24, 2.45) is 0 Å². The molecule has 2 heterocycles. The van der Waals surface area contributed by atoms with Gasteiger partial charge in [0.1, 0.15) is 23.2 Å². The molecule has 2 aromatic heterocycles. The van der Waals surface area contributed by atoms with Crippen molar-refractivity contribution in [1.29, 1.82) is 5.26 Å². The lowest BCUT2D eigenvalue weighted by Gasteiger charge is -2.27. The predicted molar refractivity (Wildman–Crippen MR) is 90.8 cm³/mol. The zero-order valence-electron chi connectivity index (χ0n) is 14.4. The number of alkyl halides is 3. The van der Waals surface area contributed by atoms with Gasteiger partial charge in [0.15, 0.2) is 11.5 Å². The Morgan fingerprint density at radius 3 is 2.71 bits per heavy atom. The van der Waals surface area contributed by atoms with E-state index in [2.05, 4.69) is 25.4 Å². The number of ether oxygens (including phenoxy) is 1. The van der Waals surface area contributed by atoms with Crippen molar-refractivity contribution in [1.82, 2.24) is 25.4 Å². The normalized spacial score (nSPS) is 14.4.